The van der Waals surface area contributed by atoms with E-state index in [0.29, 0.717) is 17.6 Å². The van der Waals surface area contributed by atoms with Crippen LogP contribution in [0.2, 0.25) is 5.15 Å². The first kappa shape index (κ1) is 16.9. The molecule has 3 aromatic rings. The minimum atomic E-state index is 0.246. The normalized spacial score (nSPS) is 20.9. The molecule has 0 aliphatic heterocycles. The van der Waals surface area contributed by atoms with Crippen LogP contribution in [-0.4, -0.2) is 11.0 Å². The molecular weight excluding hydrogens is 354 g/mol. The second kappa shape index (κ2) is 6.98. The first-order chi connectivity index (χ1) is 12.1. The number of hydrogen-bond donors (Lipinski definition) is 2. The maximum Gasteiger partial charge on any atom is 0.131 e. The van der Waals surface area contributed by atoms with Crippen LogP contribution in [0.15, 0.2) is 28.9 Å². The van der Waals surface area contributed by atoms with Crippen LogP contribution in [-0.2, 0) is 6.54 Å². The Bertz CT molecular complexity index is 875. The minimum absolute atomic E-state index is 0.246. The van der Waals surface area contributed by atoms with E-state index in [1.807, 2.05) is 29.5 Å². The summed E-state index contributed by atoms with van der Waals surface area (Å²) in [5.74, 6) is 1.33. The number of nitrogens with one attached hydrogen (secondary N) is 1. The van der Waals surface area contributed by atoms with Gasteiger partial charge in [0.05, 0.1) is 28.7 Å². The van der Waals surface area contributed by atoms with Crippen LogP contribution in [0.5, 0.6) is 0 Å². The molecule has 0 radical (unpaired) electrons. The van der Waals surface area contributed by atoms with Gasteiger partial charge in [0.1, 0.15) is 10.9 Å². The molecule has 0 aromatic carbocycles. The highest BCUT2D eigenvalue weighted by Crippen LogP contribution is 2.43. The molecule has 2 atom stereocenters. The van der Waals surface area contributed by atoms with Crippen LogP contribution in [0, 0.1) is 6.92 Å². The quantitative estimate of drug-likeness (QED) is 0.595. The molecule has 1 fully saturated rings. The van der Waals surface area contributed by atoms with Crippen LogP contribution in [0.4, 0.5) is 5.69 Å². The molecule has 4 nitrogen and oxygen atoms in total. The zero-order valence-electron chi connectivity index (χ0n) is 14.2. The molecule has 0 saturated heterocycles. The number of aryl methyl sites for hydroxylation is 1. The Kier molecular flexibility index (Phi) is 4.71. The molecule has 0 unspecified atom stereocenters. The summed E-state index contributed by atoms with van der Waals surface area (Å²) < 4.78 is 6.57. The van der Waals surface area contributed by atoms with Gasteiger partial charge >= 0.3 is 0 Å². The van der Waals surface area contributed by atoms with Gasteiger partial charge in [-0.1, -0.05) is 24.4 Å². The molecule has 4 rings (SSSR count). The number of fused-ring (bicyclic) bond motifs is 1. The largest absolute Gasteiger partial charge is 0.467 e. The summed E-state index contributed by atoms with van der Waals surface area (Å²) in [6.45, 7) is 2.77. The van der Waals surface area contributed by atoms with E-state index < -0.39 is 0 Å². The monoisotopic (exact) mass is 375 g/mol. The zero-order valence-corrected chi connectivity index (χ0v) is 15.8. The lowest BCUT2D eigenvalue weighted by atomic mass is 9.83. The molecule has 3 heterocycles. The van der Waals surface area contributed by atoms with E-state index in [9.17, 15) is 0 Å². The molecule has 1 saturated carbocycles. The van der Waals surface area contributed by atoms with E-state index in [1.54, 1.807) is 6.26 Å². The molecule has 3 N–H and O–H groups in total. The van der Waals surface area contributed by atoms with E-state index in [1.165, 1.54) is 23.3 Å². The molecule has 1 aliphatic carbocycles. The maximum atomic E-state index is 6.42. The van der Waals surface area contributed by atoms with E-state index in [4.69, 9.17) is 21.8 Å². The Balaban J connectivity index is 1.72. The number of hydrogen-bond acceptors (Lipinski definition) is 5. The van der Waals surface area contributed by atoms with E-state index in [2.05, 4.69) is 17.2 Å². The predicted molar refractivity (Wildman–Crippen MR) is 105 cm³/mol. The van der Waals surface area contributed by atoms with Gasteiger partial charge in [-0.2, -0.15) is 0 Å². The summed E-state index contributed by atoms with van der Waals surface area (Å²) in [6.07, 6.45) is 6.45. The van der Waals surface area contributed by atoms with Gasteiger partial charge in [0.2, 0.25) is 0 Å². The number of nitrogens with zero attached hydrogens (tertiary/aromatic N) is 1. The van der Waals surface area contributed by atoms with E-state index >= 15 is 0 Å². The van der Waals surface area contributed by atoms with Crippen molar-refractivity contribution in [3.63, 3.8) is 0 Å². The highest BCUT2D eigenvalue weighted by Gasteiger charge is 2.28. The Morgan fingerprint density at radius 2 is 2.24 bits per heavy atom. The van der Waals surface area contributed by atoms with Gasteiger partial charge in [-0.15, -0.1) is 11.3 Å². The van der Waals surface area contributed by atoms with Crippen molar-refractivity contribution >= 4 is 38.8 Å². The van der Waals surface area contributed by atoms with Gasteiger partial charge in [-0.05, 0) is 37.5 Å². The molecule has 0 spiro atoms. The van der Waals surface area contributed by atoms with Crippen molar-refractivity contribution in [1.82, 2.24) is 4.98 Å². The Morgan fingerprint density at radius 1 is 1.40 bits per heavy atom. The van der Waals surface area contributed by atoms with Crippen molar-refractivity contribution in [3.05, 3.63) is 45.8 Å². The second-order valence-electron chi connectivity index (χ2n) is 6.75. The van der Waals surface area contributed by atoms with Crippen molar-refractivity contribution in [3.8, 4) is 0 Å². The van der Waals surface area contributed by atoms with E-state index in [-0.39, 0.29) is 6.04 Å². The molecule has 25 heavy (non-hydrogen) atoms. The summed E-state index contributed by atoms with van der Waals surface area (Å²) in [7, 11) is 0. The number of pyridine rings is 1. The standard InChI is InChI=1S/C19H22ClN3OS/c1-11-17-19(25-18(11)13-6-2-3-7-14(13)21)15(9-16(20)23-17)22-10-12-5-4-8-24-12/h4-5,8-9,13-14H,2-3,6-7,10,21H2,1H3,(H,22,23)/t13-,14-/m0/s1. The number of furan rings is 1. The lowest BCUT2D eigenvalue weighted by Crippen LogP contribution is -2.31. The van der Waals surface area contributed by atoms with Gasteiger partial charge < -0.3 is 15.5 Å². The highest BCUT2D eigenvalue weighted by atomic mass is 35.5. The summed E-state index contributed by atoms with van der Waals surface area (Å²) >= 11 is 8.10. The van der Waals surface area contributed by atoms with Crippen LogP contribution in [0.3, 0.4) is 0 Å². The number of nitrogens with two attached hydrogens (primary N) is 1. The molecule has 3 aromatic heterocycles. The Morgan fingerprint density at radius 3 is 3.00 bits per heavy atom. The van der Waals surface area contributed by atoms with Gasteiger partial charge in [-0.25, -0.2) is 4.98 Å². The van der Waals surface area contributed by atoms with E-state index in [0.717, 1.165) is 34.5 Å². The van der Waals surface area contributed by atoms with Gasteiger partial charge in [0.25, 0.3) is 0 Å². The summed E-state index contributed by atoms with van der Waals surface area (Å²) in [5, 5.41) is 3.96. The van der Waals surface area contributed by atoms with Crippen molar-refractivity contribution in [2.45, 2.75) is 51.1 Å². The van der Waals surface area contributed by atoms with Crippen molar-refractivity contribution < 1.29 is 4.42 Å². The Hall–Kier alpha value is -1.56. The van der Waals surface area contributed by atoms with Crippen LogP contribution < -0.4 is 11.1 Å². The summed E-state index contributed by atoms with van der Waals surface area (Å²) in [6, 6.07) is 5.99. The average molecular weight is 376 g/mol. The zero-order chi connectivity index (χ0) is 17.4. The number of rotatable bonds is 4. The third kappa shape index (κ3) is 3.28. The SMILES string of the molecule is Cc1c([C@H]2CCCC[C@@H]2N)sc2c(NCc3ccco3)cc(Cl)nc12. The molecule has 6 heteroatoms. The van der Waals surface area contributed by atoms with Gasteiger partial charge in [0, 0.05) is 22.9 Å². The molecule has 0 amide bonds. The van der Waals surface area contributed by atoms with Crippen LogP contribution in [0.1, 0.15) is 47.8 Å². The molecule has 132 valence electrons. The third-order valence-corrected chi connectivity index (χ3v) is 6.71. The van der Waals surface area contributed by atoms with Crippen LogP contribution >= 0.6 is 22.9 Å². The van der Waals surface area contributed by atoms with Gasteiger partial charge in [0.15, 0.2) is 0 Å². The lowest BCUT2D eigenvalue weighted by Gasteiger charge is -2.28. The lowest BCUT2D eigenvalue weighted by molar-refractivity contribution is 0.389. The number of thiophene rings is 1. The summed E-state index contributed by atoms with van der Waals surface area (Å²) in [5.41, 5.74) is 9.65. The van der Waals surface area contributed by atoms with Gasteiger partial charge in [-0.3, -0.25) is 0 Å². The fourth-order valence-corrected chi connectivity index (χ4v) is 5.37. The topological polar surface area (TPSA) is 64.1 Å². The second-order valence-corrected chi connectivity index (χ2v) is 8.19. The van der Waals surface area contributed by atoms with Crippen molar-refractivity contribution in [2.24, 2.45) is 5.73 Å². The smallest absolute Gasteiger partial charge is 0.131 e. The maximum absolute atomic E-state index is 6.42. The Labute approximate surface area is 156 Å². The molecule has 0 bridgehead atoms. The average Bonchev–Trinajstić information content (AvgIpc) is 3.22. The first-order valence-electron chi connectivity index (χ1n) is 8.75. The first-order valence-corrected chi connectivity index (χ1v) is 9.94. The fourth-order valence-electron chi connectivity index (χ4n) is 3.73. The number of anilines is 1. The van der Waals surface area contributed by atoms with Crippen LogP contribution in [0.25, 0.3) is 10.2 Å². The minimum Gasteiger partial charge on any atom is -0.467 e. The number of halogens is 1. The molecular formula is C19H22ClN3OS. The van der Waals surface area contributed by atoms with Crippen molar-refractivity contribution in [2.75, 3.05) is 5.32 Å². The number of aromatic nitrogens is 1. The summed E-state index contributed by atoms with van der Waals surface area (Å²) in [4.78, 5) is 5.97. The third-order valence-electron chi connectivity index (χ3n) is 5.07. The highest BCUT2D eigenvalue weighted by molar-refractivity contribution is 7.20. The predicted octanol–water partition coefficient (Wildman–Crippen LogP) is 5.45. The van der Waals surface area contributed by atoms with Crippen molar-refractivity contribution in [1.29, 1.82) is 0 Å². The molecule has 1 aliphatic rings. The fraction of sp³-hybridized carbons (Fsp3) is 0.421.